The van der Waals surface area contributed by atoms with Crippen molar-refractivity contribution in [2.45, 2.75) is 4.90 Å². The highest BCUT2D eigenvalue weighted by Gasteiger charge is 2.33. The van der Waals surface area contributed by atoms with Crippen molar-refractivity contribution >= 4 is 47.9 Å². The first kappa shape index (κ1) is 19.1. The van der Waals surface area contributed by atoms with Crippen molar-refractivity contribution in [3.8, 4) is 0 Å². The van der Waals surface area contributed by atoms with Gasteiger partial charge in [0.1, 0.15) is 0 Å². The Hall–Kier alpha value is -0.680. The SMILES string of the molecule is O=C(N1CCOCC1)N1CCN(S(=O)(=O)c2ccc(Br)cc2Br)CC1. The van der Waals surface area contributed by atoms with Crippen LogP contribution in [0.15, 0.2) is 32.0 Å². The normalized spacial score (nSPS) is 19.9. The topological polar surface area (TPSA) is 70.2 Å². The van der Waals surface area contributed by atoms with Crippen LogP contribution in [0.5, 0.6) is 0 Å². The highest BCUT2D eigenvalue weighted by atomic mass is 79.9. The Morgan fingerprint density at radius 1 is 0.960 bits per heavy atom. The number of benzene rings is 1. The predicted molar refractivity (Wildman–Crippen MR) is 100.0 cm³/mol. The summed E-state index contributed by atoms with van der Waals surface area (Å²) >= 11 is 6.64. The number of carbonyl (C=O) groups is 1. The summed E-state index contributed by atoms with van der Waals surface area (Å²) in [5.41, 5.74) is 0. The lowest BCUT2D eigenvalue weighted by molar-refractivity contribution is 0.0405. The molecule has 138 valence electrons. The minimum Gasteiger partial charge on any atom is -0.378 e. The average molecular weight is 497 g/mol. The number of morpholine rings is 1. The van der Waals surface area contributed by atoms with Gasteiger partial charge >= 0.3 is 6.03 Å². The number of rotatable bonds is 2. The third-order valence-electron chi connectivity index (χ3n) is 4.30. The maximum absolute atomic E-state index is 12.8. The number of ether oxygens (including phenoxy) is 1. The van der Waals surface area contributed by atoms with Gasteiger partial charge in [-0.25, -0.2) is 13.2 Å². The first-order valence-electron chi connectivity index (χ1n) is 7.96. The second-order valence-electron chi connectivity index (χ2n) is 5.85. The van der Waals surface area contributed by atoms with E-state index in [9.17, 15) is 13.2 Å². The van der Waals surface area contributed by atoms with E-state index >= 15 is 0 Å². The van der Waals surface area contributed by atoms with Gasteiger partial charge in [0.15, 0.2) is 0 Å². The van der Waals surface area contributed by atoms with Gasteiger partial charge in [-0.1, -0.05) is 15.9 Å². The Morgan fingerprint density at radius 3 is 2.16 bits per heavy atom. The molecule has 7 nitrogen and oxygen atoms in total. The van der Waals surface area contributed by atoms with Crippen LogP contribution in [0, 0.1) is 0 Å². The van der Waals surface area contributed by atoms with Crippen molar-refractivity contribution in [2.24, 2.45) is 0 Å². The third-order valence-corrected chi connectivity index (χ3v) is 7.67. The van der Waals surface area contributed by atoms with E-state index in [2.05, 4.69) is 31.9 Å². The number of hydrogen-bond donors (Lipinski definition) is 0. The number of piperazine rings is 1. The van der Waals surface area contributed by atoms with Gasteiger partial charge in [-0.3, -0.25) is 0 Å². The molecule has 0 N–H and O–H groups in total. The van der Waals surface area contributed by atoms with Crippen LogP contribution >= 0.6 is 31.9 Å². The van der Waals surface area contributed by atoms with Gasteiger partial charge in [0.2, 0.25) is 10.0 Å². The number of nitrogens with zero attached hydrogens (tertiary/aromatic N) is 3. The molecule has 10 heteroatoms. The fourth-order valence-electron chi connectivity index (χ4n) is 2.90. The lowest BCUT2D eigenvalue weighted by Crippen LogP contribution is -2.55. The van der Waals surface area contributed by atoms with Crippen molar-refractivity contribution in [3.05, 3.63) is 27.1 Å². The lowest BCUT2D eigenvalue weighted by Gasteiger charge is -2.38. The summed E-state index contributed by atoms with van der Waals surface area (Å²) in [4.78, 5) is 16.2. The predicted octanol–water partition coefficient (Wildman–Crippen LogP) is 1.97. The highest BCUT2D eigenvalue weighted by molar-refractivity contribution is 9.11. The van der Waals surface area contributed by atoms with Gasteiger partial charge in [-0.15, -0.1) is 0 Å². The summed E-state index contributed by atoms with van der Waals surface area (Å²) < 4.78 is 33.7. The molecule has 0 spiro atoms. The zero-order valence-electron chi connectivity index (χ0n) is 13.5. The molecule has 0 aromatic heterocycles. The zero-order chi connectivity index (χ0) is 18.0. The van der Waals surface area contributed by atoms with E-state index in [4.69, 9.17) is 4.74 Å². The van der Waals surface area contributed by atoms with Gasteiger partial charge in [-0.2, -0.15) is 4.31 Å². The minimum atomic E-state index is -3.59. The molecular weight excluding hydrogens is 478 g/mol. The molecule has 2 aliphatic heterocycles. The molecule has 2 aliphatic rings. The van der Waals surface area contributed by atoms with E-state index in [0.29, 0.717) is 57.0 Å². The van der Waals surface area contributed by atoms with Crippen LogP contribution in [0.1, 0.15) is 0 Å². The number of sulfonamides is 1. The van der Waals surface area contributed by atoms with Crippen molar-refractivity contribution in [1.82, 2.24) is 14.1 Å². The fourth-order valence-corrected chi connectivity index (χ4v) is 6.03. The van der Waals surface area contributed by atoms with Crippen molar-refractivity contribution in [3.63, 3.8) is 0 Å². The molecule has 0 atom stereocenters. The molecule has 0 radical (unpaired) electrons. The van der Waals surface area contributed by atoms with Gasteiger partial charge in [0.05, 0.1) is 18.1 Å². The smallest absolute Gasteiger partial charge is 0.320 e. The molecule has 3 rings (SSSR count). The quantitative estimate of drug-likeness (QED) is 0.627. The summed E-state index contributed by atoms with van der Waals surface area (Å²) in [6.45, 7) is 3.65. The molecule has 2 fully saturated rings. The Bertz CT molecular complexity index is 745. The molecule has 2 saturated heterocycles. The van der Waals surface area contributed by atoms with E-state index in [-0.39, 0.29) is 10.9 Å². The standard InChI is InChI=1S/C15H19Br2N3O4S/c16-12-1-2-14(13(17)11-12)25(22,23)20-5-3-18(4-6-20)15(21)19-7-9-24-10-8-19/h1-2,11H,3-10H2. The van der Waals surface area contributed by atoms with Gasteiger partial charge in [-0.05, 0) is 34.1 Å². The summed E-state index contributed by atoms with van der Waals surface area (Å²) in [6, 6.07) is 4.96. The number of carbonyl (C=O) groups excluding carboxylic acids is 1. The molecule has 0 bridgehead atoms. The Morgan fingerprint density at radius 2 is 1.56 bits per heavy atom. The van der Waals surface area contributed by atoms with Gasteiger partial charge in [0, 0.05) is 48.2 Å². The van der Waals surface area contributed by atoms with E-state index < -0.39 is 10.0 Å². The first-order valence-corrected chi connectivity index (χ1v) is 11.0. The van der Waals surface area contributed by atoms with Crippen molar-refractivity contribution in [1.29, 1.82) is 0 Å². The van der Waals surface area contributed by atoms with Crippen LogP contribution in [0.2, 0.25) is 0 Å². The molecule has 2 heterocycles. The van der Waals surface area contributed by atoms with Crippen LogP contribution in [-0.4, -0.2) is 81.0 Å². The zero-order valence-corrected chi connectivity index (χ0v) is 17.5. The largest absolute Gasteiger partial charge is 0.378 e. The number of hydrogen-bond acceptors (Lipinski definition) is 4. The van der Waals surface area contributed by atoms with E-state index in [1.54, 1.807) is 28.0 Å². The lowest BCUT2D eigenvalue weighted by atomic mass is 10.3. The fraction of sp³-hybridized carbons (Fsp3) is 0.533. The molecule has 0 aliphatic carbocycles. The number of amides is 2. The van der Waals surface area contributed by atoms with E-state index in [0.717, 1.165) is 4.47 Å². The van der Waals surface area contributed by atoms with Crippen LogP contribution in [-0.2, 0) is 14.8 Å². The average Bonchev–Trinajstić information content (AvgIpc) is 2.61. The summed E-state index contributed by atoms with van der Waals surface area (Å²) in [7, 11) is -3.59. The van der Waals surface area contributed by atoms with Crippen molar-refractivity contribution in [2.75, 3.05) is 52.5 Å². The van der Waals surface area contributed by atoms with Crippen LogP contribution < -0.4 is 0 Å². The highest BCUT2D eigenvalue weighted by Crippen LogP contribution is 2.28. The monoisotopic (exact) mass is 495 g/mol. The first-order chi connectivity index (χ1) is 11.9. The second kappa shape index (κ2) is 7.91. The molecule has 1 aromatic carbocycles. The van der Waals surface area contributed by atoms with Gasteiger partial charge < -0.3 is 14.5 Å². The Balaban J connectivity index is 1.66. The van der Waals surface area contributed by atoms with Crippen LogP contribution in [0.4, 0.5) is 4.79 Å². The van der Waals surface area contributed by atoms with Crippen molar-refractivity contribution < 1.29 is 17.9 Å². The molecule has 0 unspecified atom stereocenters. The maximum Gasteiger partial charge on any atom is 0.320 e. The molecule has 1 aromatic rings. The van der Waals surface area contributed by atoms with Crippen LogP contribution in [0.3, 0.4) is 0 Å². The Kier molecular flexibility index (Phi) is 6.04. The van der Waals surface area contributed by atoms with Crippen LogP contribution in [0.25, 0.3) is 0 Å². The second-order valence-corrected chi connectivity index (χ2v) is 9.52. The number of urea groups is 1. The summed E-state index contributed by atoms with van der Waals surface area (Å²) in [5, 5.41) is 0. The summed E-state index contributed by atoms with van der Waals surface area (Å²) in [6.07, 6.45) is 0. The minimum absolute atomic E-state index is 0.0369. The van der Waals surface area contributed by atoms with Gasteiger partial charge in [0.25, 0.3) is 0 Å². The molecule has 25 heavy (non-hydrogen) atoms. The maximum atomic E-state index is 12.8. The Labute approximate surface area is 164 Å². The molecular formula is C15H19Br2N3O4S. The van der Waals surface area contributed by atoms with E-state index in [1.807, 2.05) is 0 Å². The molecule has 0 saturated carbocycles. The molecule has 2 amide bonds. The third kappa shape index (κ3) is 4.19. The number of halogens is 2. The van der Waals surface area contributed by atoms with E-state index in [1.165, 1.54) is 4.31 Å². The summed E-state index contributed by atoms with van der Waals surface area (Å²) in [5.74, 6) is 0.